The Balaban J connectivity index is 0.00000261. The molecule has 1 saturated carbocycles. The molecule has 1 amide bonds. The number of hydrogen-bond acceptors (Lipinski definition) is 6. The molecule has 2 heterocycles. The molecule has 2 fully saturated rings. The third kappa shape index (κ3) is 6.51. The number of thioether (sulfide) groups is 1. The summed E-state index contributed by atoms with van der Waals surface area (Å²) < 4.78 is 4.97. The first-order chi connectivity index (χ1) is 12.7. The first kappa shape index (κ1) is 22.3. The molecule has 10 heteroatoms. The number of aryl methyl sites for hydroxylation is 1. The lowest BCUT2D eigenvalue weighted by atomic mass is 9.85. The molecule has 1 saturated heterocycles. The van der Waals surface area contributed by atoms with Gasteiger partial charge in [0.05, 0.1) is 6.54 Å². The van der Waals surface area contributed by atoms with Crippen molar-refractivity contribution in [1.82, 2.24) is 25.7 Å². The summed E-state index contributed by atoms with van der Waals surface area (Å²) in [7, 11) is 1.75. The lowest BCUT2D eigenvalue weighted by Crippen LogP contribution is -2.47. The fourth-order valence-corrected chi connectivity index (χ4v) is 4.39. The summed E-state index contributed by atoms with van der Waals surface area (Å²) in [5.74, 6) is 4.59. The Morgan fingerprint density at radius 1 is 1.30 bits per heavy atom. The van der Waals surface area contributed by atoms with Gasteiger partial charge in [-0.3, -0.25) is 9.79 Å². The average molecular weight is 508 g/mol. The lowest BCUT2D eigenvalue weighted by molar-refractivity contribution is -0.136. The van der Waals surface area contributed by atoms with Crippen LogP contribution in [-0.4, -0.2) is 64.6 Å². The van der Waals surface area contributed by atoms with E-state index in [2.05, 4.69) is 30.7 Å². The predicted octanol–water partition coefficient (Wildman–Crippen LogP) is 1.80. The number of carbonyl (C=O) groups is 1. The van der Waals surface area contributed by atoms with Crippen molar-refractivity contribution < 1.29 is 9.32 Å². The molecule has 1 aromatic rings. The van der Waals surface area contributed by atoms with Crippen LogP contribution in [0.25, 0.3) is 0 Å². The molecule has 2 aliphatic rings. The van der Waals surface area contributed by atoms with Gasteiger partial charge < -0.3 is 20.1 Å². The molecule has 8 nitrogen and oxygen atoms in total. The summed E-state index contributed by atoms with van der Waals surface area (Å²) in [6.45, 7) is 4.06. The Labute approximate surface area is 181 Å². The minimum Gasteiger partial charge on any atom is -0.354 e. The first-order valence-corrected chi connectivity index (χ1v) is 10.4. The van der Waals surface area contributed by atoms with Crippen LogP contribution >= 0.6 is 35.7 Å². The SMILES string of the molecule is CN=C(NCc1noc(C)n1)NC1CCC(C(=O)N2CCSCC2)CC1.I. The zero-order chi connectivity index (χ0) is 18.4. The number of carbonyl (C=O) groups excluding carboxylic acids is 1. The van der Waals surface area contributed by atoms with E-state index in [9.17, 15) is 4.79 Å². The summed E-state index contributed by atoms with van der Waals surface area (Å²) in [5.41, 5.74) is 0. The molecule has 0 bridgehead atoms. The maximum Gasteiger partial charge on any atom is 0.225 e. The second kappa shape index (κ2) is 11.1. The monoisotopic (exact) mass is 508 g/mol. The zero-order valence-corrected chi connectivity index (χ0v) is 19.1. The molecule has 27 heavy (non-hydrogen) atoms. The number of rotatable bonds is 4. The van der Waals surface area contributed by atoms with Crippen LogP contribution in [0.4, 0.5) is 0 Å². The average Bonchev–Trinajstić information content (AvgIpc) is 3.11. The van der Waals surface area contributed by atoms with E-state index in [1.807, 2.05) is 11.8 Å². The number of aromatic nitrogens is 2. The molecule has 2 N–H and O–H groups in total. The third-order valence-corrected chi connectivity index (χ3v) is 5.89. The van der Waals surface area contributed by atoms with Crippen LogP contribution in [0.3, 0.4) is 0 Å². The van der Waals surface area contributed by atoms with Crippen molar-refractivity contribution in [3.05, 3.63) is 11.7 Å². The van der Waals surface area contributed by atoms with E-state index in [0.29, 0.717) is 30.2 Å². The number of nitrogens with zero attached hydrogens (tertiary/aromatic N) is 4. The normalized spacial score (nSPS) is 23.5. The standard InChI is InChI=1S/C17H28N6O2S.HI/c1-12-20-15(22-25-12)11-19-17(18-2)21-14-5-3-13(4-6-14)16(24)23-7-9-26-10-8-23;/h13-14H,3-11H2,1-2H3,(H2,18,19,21);1H. The third-order valence-electron chi connectivity index (χ3n) is 4.95. The number of aliphatic imine (C=N–C) groups is 1. The van der Waals surface area contributed by atoms with Gasteiger partial charge in [0.1, 0.15) is 0 Å². The quantitative estimate of drug-likeness (QED) is 0.364. The van der Waals surface area contributed by atoms with E-state index in [-0.39, 0.29) is 29.9 Å². The topological polar surface area (TPSA) is 95.6 Å². The highest BCUT2D eigenvalue weighted by atomic mass is 127. The minimum absolute atomic E-state index is 0. The summed E-state index contributed by atoms with van der Waals surface area (Å²) in [5, 5.41) is 10.5. The van der Waals surface area contributed by atoms with Crippen molar-refractivity contribution in [2.24, 2.45) is 10.9 Å². The van der Waals surface area contributed by atoms with E-state index >= 15 is 0 Å². The van der Waals surface area contributed by atoms with Crippen LogP contribution in [0.1, 0.15) is 37.4 Å². The van der Waals surface area contributed by atoms with Crippen LogP contribution in [0.2, 0.25) is 0 Å². The van der Waals surface area contributed by atoms with Gasteiger partial charge in [0.25, 0.3) is 0 Å². The van der Waals surface area contributed by atoms with Crippen molar-refractivity contribution in [3.8, 4) is 0 Å². The number of guanidine groups is 1. The van der Waals surface area contributed by atoms with Gasteiger partial charge in [-0.1, -0.05) is 5.16 Å². The van der Waals surface area contributed by atoms with Crippen molar-refractivity contribution in [2.45, 2.75) is 45.2 Å². The van der Waals surface area contributed by atoms with Crippen LogP contribution in [0.5, 0.6) is 0 Å². The summed E-state index contributed by atoms with van der Waals surface area (Å²) >= 11 is 1.94. The Kier molecular flexibility index (Phi) is 9.13. The van der Waals surface area contributed by atoms with Crippen LogP contribution < -0.4 is 10.6 Å². The van der Waals surface area contributed by atoms with Gasteiger partial charge in [-0.25, -0.2) is 0 Å². The van der Waals surface area contributed by atoms with E-state index in [0.717, 1.165) is 56.2 Å². The first-order valence-electron chi connectivity index (χ1n) is 9.28. The van der Waals surface area contributed by atoms with E-state index in [4.69, 9.17) is 4.52 Å². The molecule has 1 aliphatic heterocycles. The highest BCUT2D eigenvalue weighted by Crippen LogP contribution is 2.27. The lowest BCUT2D eigenvalue weighted by Gasteiger charge is -2.34. The highest BCUT2D eigenvalue weighted by Gasteiger charge is 2.30. The summed E-state index contributed by atoms with van der Waals surface area (Å²) in [6, 6.07) is 0.342. The maximum absolute atomic E-state index is 12.6. The second-order valence-corrected chi connectivity index (χ2v) is 8.01. The van der Waals surface area contributed by atoms with Crippen molar-refractivity contribution in [2.75, 3.05) is 31.6 Å². The fraction of sp³-hybridized carbons (Fsp3) is 0.765. The molecule has 1 aromatic heterocycles. The van der Waals surface area contributed by atoms with Gasteiger partial charge in [-0.05, 0) is 25.7 Å². The molecule has 0 unspecified atom stereocenters. The van der Waals surface area contributed by atoms with Gasteiger partial charge in [-0.15, -0.1) is 24.0 Å². The number of nitrogens with one attached hydrogen (secondary N) is 2. The molecule has 0 aromatic carbocycles. The molecule has 152 valence electrons. The van der Waals surface area contributed by atoms with E-state index < -0.39 is 0 Å². The van der Waals surface area contributed by atoms with Gasteiger partial charge in [0, 0.05) is 50.5 Å². The molecule has 3 rings (SSSR count). The number of hydrogen-bond donors (Lipinski definition) is 2. The Bertz CT molecular complexity index is 627. The van der Waals surface area contributed by atoms with Crippen molar-refractivity contribution in [3.63, 3.8) is 0 Å². The van der Waals surface area contributed by atoms with Crippen LogP contribution in [0, 0.1) is 12.8 Å². The largest absolute Gasteiger partial charge is 0.354 e. The predicted molar refractivity (Wildman–Crippen MR) is 117 cm³/mol. The number of amides is 1. The Morgan fingerprint density at radius 3 is 2.59 bits per heavy atom. The molecule has 0 spiro atoms. The smallest absolute Gasteiger partial charge is 0.225 e. The second-order valence-electron chi connectivity index (χ2n) is 6.79. The molecular formula is C17H29IN6O2S. The molecule has 0 atom stereocenters. The van der Waals surface area contributed by atoms with E-state index in [1.54, 1.807) is 14.0 Å². The van der Waals surface area contributed by atoms with Crippen molar-refractivity contribution >= 4 is 47.6 Å². The number of halogens is 1. The zero-order valence-electron chi connectivity index (χ0n) is 15.9. The molecule has 0 radical (unpaired) electrons. The summed E-state index contributed by atoms with van der Waals surface area (Å²) in [6.07, 6.45) is 3.87. The molecule has 1 aliphatic carbocycles. The van der Waals surface area contributed by atoms with Crippen molar-refractivity contribution in [1.29, 1.82) is 0 Å². The Hall–Kier alpha value is -1.04. The molecular weight excluding hydrogens is 479 g/mol. The fourth-order valence-electron chi connectivity index (χ4n) is 3.49. The Morgan fingerprint density at radius 2 is 2.00 bits per heavy atom. The van der Waals surface area contributed by atoms with Gasteiger partial charge in [0.2, 0.25) is 11.8 Å². The van der Waals surface area contributed by atoms with Gasteiger partial charge in [0.15, 0.2) is 11.8 Å². The van der Waals surface area contributed by atoms with Crippen LogP contribution in [0.15, 0.2) is 9.52 Å². The van der Waals surface area contributed by atoms with E-state index in [1.165, 1.54) is 0 Å². The minimum atomic E-state index is 0. The van der Waals surface area contributed by atoms with Crippen LogP contribution in [-0.2, 0) is 11.3 Å². The summed E-state index contributed by atoms with van der Waals surface area (Å²) in [4.78, 5) is 23.1. The van der Waals surface area contributed by atoms with Gasteiger partial charge >= 0.3 is 0 Å². The maximum atomic E-state index is 12.6. The van der Waals surface area contributed by atoms with Gasteiger partial charge in [-0.2, -0.15) is 16.7 Å². The highest BCUT2D eigenvalue weighted by molar-refractivity contribution is 14.0.